The topological polar surface area (TPSA) is 123 Å². The number of nitrogens with one attached hydrogen (secondary N) is 1. The lowest BCUT2D eigenvalue weighted by Crippen LogP contribution is -2.14. The maximum Gasteiger partial charge on any atom is 0.271 e. The van der Waals surface area contributed by atoms with E-state index in [2.05, 4.69) is 4.72 Å². The van der Waals surface area contributed by atoms with Crippen LogP contribution in [0, 0.1) is 17.0 Å². The minimum Gasteiger partial charge on any atom is -0.279 e. The zero-order valence-corrected chi connectivity index (χ0v) is 14.4. The predicted octanol–water partition coefficient (Wildman–Crippen LogP) is 2.11. The molecule has 0 amide bonds. The normalized spacial score (nSPS) is 11.9. The molecule has 0 aliphatic carbocycles. The second-order valence-corrected chi connectivity index (χ2v) is 8.80. The molecular formula is C14H14N2O6S2. The molecule has 2 aromatic carbocycles. The Labute approximate surface area is 139 Å². The van der Waals surface area contributed by atoms with Gasteiger partial charge in [-0.2, -0.15) is 0 Å². The van der Waals surface area contributed by atoms with Gasteiger partial charge in [0.1, 0.15) is 0 Å². The molecule has 0 unspecified atom stereocenters. The Morgan fingerprint density at radius 1 is 0.958 bits per heavy atom. The minimum atomic E-state index is -4.01. The maximum atomic E-state index is 12.4. The SMILES string of the molecule is Cc1ccc([N+](=O)[O-])cc1NS(=O)(=O)c1ccc(S(C)(=O)=O)cc1. The Morgan fingerprint density at radius 3 is 2.00 bits per heavy atom. The van der Waals surface area contributed by atoms with Gasteiger partial charge in [0, 0.05) is 18.4 Å². The zero-order chi connectivity index (χ0) is 18.1. The monoisotopic (exact) mass is 370 g/mol. The molecule has 2 rings (SSSR count). The van der Waals surface area contributed by atoms with Crippen molar-refractivity contribution >= 4 is 31.2 Å². The predicted molar refractivity (Wildman–Crippen MR) is 88.2 cm³/mol. The van der Waals surface area contributed by atoms with Gasteiger partial charge in [0.05, 0.1) is 20.4 Å². The molecule has 0 heterocycles. The number of hydrogen-bond donors (Lipinski definition) is 1. The van der Waals surface area contributed by atoms with Gasteiger partial charge in [-0.25, -0.2) is 16.8 Å². The first-order valence-electron chi connectivity index (χ1n) is 6.59. The molecule has 128 valence electrons. The highest BCUT2D eigenvalue weighted by atomic mass is 32.2. The number of aryl methyl sites for hydroxylation is 1. The molecule has 0 aromatic heterocycles. The fourth-order valence-electron chi connectivity index (χ4n) is 1.90. The third-order valence-corrected chi connectivity index (χ3v) is 5.75. The highest BCUT2D eigenvalue weighted by Gasteiger charge is 2.18. The van der Waals surface area contributed by atoms with Gasteiger partial charge in [0.15, 0.2) is 9.84 Å². The van der Waals surface area contributed by atoms with Crippen molar-refractivity contribution in [3.05, 3.63) is 58.1 Å². The molecule has 1 N–H and O–H groups in total. The van der Waals surface area contributed by atoms with Crippen LogP contribution in [0.3, 0.4) is 0 Å². The second-order valence-electron chi connectivity index (χ2n) is 5.11. The third kappa shape index (κ3) is 3.89. The minimum absolute atomic E-state index is 0.00650. The van der Waals surface area contributed by atoms with Crippen LogP contribution in [0.2, 0.25) is 0 Å². The van der Waals surface area contributed by atoms with Crippen molar-refractivity contribution in [1.29, 1.82) is 0 Å². The van der Waals surface area contributed by atoms with Crippen LogP contribution in [-0.4, -0.2) is 28.0 Å². The van der Waals surface area contributed by atoms with E-state index in [9.17, 15) is 26.9 Å². The number of anilines is 1. The molecule has 8 nitrogen and oxygen atoms in total. The van der Waals surface area contributed by atoms with Crippen molar-refractivity contribution in [1.82, 2.24) is 0 Å². The van der Waals surface area contributed by atoms with E-state index < -0.39 is 24.8 Å². The summed E-state index contributed by atoms with van der Waals surface area (Å²) in [4.78, 5) is 10.0. The van der Waals surface area contributed by atoms with E-state index in [1.807, 2.05) is 0 Å². The third-order valence-electron chi connectivity index (χ3n) is 3.24. The maximum absolute atomic E-state index is 12.4. The number of nitrogens with zero attached hydrogens (tertiary/aromatic N) is 1. The standard InChI is InChI=1S/C14H14N2O6S2/c1-10-3-4-11(16(17)18)9-14(10)15-24(21,22)13-7-5-12(6-8-13)23(2,19)20/h3-9,15H,1-2H3. The quantitative estimate of drug-likeness (QED) is 0.635. The van der Waals surface area contributed by atoms with E-state index in [-0.39, 0.29) is 21.2 Å². The first kappa shape index (κ1) is 17.9. The summed E-state index contributed by atoms with van der Waals surface area (Å²) in [6.07, 6.45) is 1.02. The summed E-state index contributed by atoms with van der Waals surface area (Å²) in [5.74, 6) is 0. The molecule has 0 saturated carbocycles. The van der Waals surface area contributed by atoms with Crippen molar-refractivity contribution in [2.75, 3.05) is 11.0 Å². The van der Waals surface area contributed by atoms with E-state index in [0.717, 1.165) is 24.5 Å². The summed E-state index contributed by atoms with van der Waals surface area (Å²) in [5, 5.41) is 10.8. The summed E-state index contributed by atoms with van der Waals surface area (Å²) < 4.78 is 49.8. The summed E-state index contributed by atoms with van der Waals surface area (Å²) >= 11 is 0. The van der Waals surface area contributed by atoms with Crippen LogP contribution in [0.1, 0.15) is 5.56 Å². The molecule has 10 heteroatoms. The summed E-state index contributed by atoms with van der Waals surface area (Å²) in [6, 6.07) is 8.51. The lowest BCUT2D eigenvalue weighted by atomic mass is 10.2. The van der Waals surface area contributed by atoms with Gasteiger partial charge in [-0.05, 0) is 36.8 Å². The van der Waals surface area contributed by atoms with Gasteiger partial charge in [-0.15, -0.1) is 0 Å². The highest BCUT2D eigenvalue weighted by Crippen LogP contribution is 2.25. The average molecular weight is 370 g/mol. The van der Waals surface area contributed by atoms with Crippen LogP contribution in [-0.2, 0) is 19.9 Å². The van der Waals surface area contributed by atoms with Crippen molar-refractivity contribution in [2.45, 2.75) is 16.7 Å². The highest BCUT2D eigenvalue weighted by molar-refractivity contribution is 7.92. The molecule has 2 aromatic rings. The Hall–Kier alpha value is -2.46. The largest absolute Gasteiger partial charge is 0.279 e. The van der Waals surface area contributed by atoms with E-state index >= 15 is 0 Å². The van der Waals surface area contributed by atoms with Crippen molar-refractivity contribution in [2.24, 2.45) is 0 Å². The summed E-state index contributed by atoms with van der Waals surface area (Å²) in [7, 11) is -7.44. The number of sulfonamides is 1. The molecule has 0 atom stereocenters. The molecule has 0 aliphatic heterocycles. The number of hydrogen-bond acceptors (Lipinski definition) is 6. The number of nitro groups is 1. The molecule has 0 spiro atoms. The fraction of sp³-hybridized carbons (Fsp3) is 0.143. The number of non-ortho nitro benzene ring substituents is 1. The van der Waals surface area contributed by atoms with E-state index in [1.54, 1.807) is 6.92 Å². The summed E-state index contributed by atoms with van der Waals surface area (Å²) in [6.45, 7) is 1.61. The molecule has 0 bridgehead atoms. The van der Waals surface area contributed by atoms with E-state index in [4.69, 9.17) is 0 Å². The van der Waals surface area contributed by atoms with Crippen LogP contribution in [0.4, 0.5) is 11.4 Å². The lowest BCUT2D eigenvalue weighted by Gasteiger charge is -2.11. The van der Waals surface area contributed by atoms with Gasteiger partial charge in [0.2, 0.25) is 0 Å². The van der Waals surface area contributed by atoms with Gasteiger partial charge >= 0.3 is 0 Å². The van der Waals surface area contributed by atoms with E-state index in [0.29, 0.717) is 5.56 Å². The van der Waals surface area contributed by atoms with Crippen molar-refractivity contribution < 1.29 is 21.8 Å². The fourth-order valence-corrected chi connectivity index (χ4v) is 3.66. The Kier molecular flexibility index (Phi) is 4.63. The summed E-state index contributed by atoms with van der Waals surface area (Å²) in [5.41, 5.74) is 0.346. The molecule has 0 aliphatic rings. The molecule has 24 heavy (non-hydrogen) atoms. The first-order valence-corrected chi connectivity index (χ1v) is 9.96. The zero-order valence-electron chi connectivity index (χ0n) is 12.8. The Morgan fingerprint density at radius 2 is 1.50 bits per heavy atom. The number of benzene rings is 2. The van der Waals surface area contributed by atoms with Crippen LogP contribution < -0.4 is 4.72 Å². The molecule has 0 radical (unpaired) electrons. The van der Waals surface area contributed by atoms with Crippen LogP contribution >= 0.6 is 0 Å². The Balaban J connectivity index is 2.39. The van der Waals surface area contributed by atoms with Crippen molar-refractivity contribution in [3.63, 3.8) is 0 Å². The molecule has 0 saturated heterocycles. The van der Waals surface area contributed by atoms with Gasteiger partial charge < -0.3 is 0 Å². The van der Waals surface area contributed by atoms with Gasteiger partial charge in [-0.3, -0.25) is 14.8 Å². The number of nitro benzene ring substituents is 1. The van der Waals surface area contributed by atoms with Gasteiger partial charge in [0.25, 0.3) is 15.7 Å². The first-order chi connectivity index (χ1) is 11.0. The van der Waals surface area contributed by atoms with Crippen molar-refractivity contribution in [3.8, 4) is 0 Å². The lowest BCUT2D eigenvalue weighted by molar-refractivity contribution is -0.384. The molecular weight excluding hydrogens is 356 g/mol. The van der Waals surface area contributed by atoms with Crippen LogP contribution in [0.5, 0.6) is 0 Å². The van der Waals surface area contributed by atoms with Crippen LogP contribution in [0.25, 0.3) is 0 Å². The second kappa shape index (κ2) is 6.21. The Bertz CT molecular complexity index is 996. The van der Waals surface area contributed by atoms with Crippen LogP contribution in [0.15, 0.2) is 52.3 Å². The van der Waals surface area contributed by atoms with Gasteiger partial charge in [-0.1, -0.05) is 6.07 Å². The van der Waals surface area contributed by atoms with E-state index in [1.165, 1.54) is 24.3 Å². The smallest absolute Gasteiger partial charge is 0.271 e. The number of sulfone groups is 1. The average Bonchev–Trinajstić information content (AvgIpc) is 2.48. The number of rotatable bonds is 5. The molecule has 0 fully saturated rings.